The Morgan fingerprint density at radius 2 is 1.64 bits per heavy atom. The fourth-order valence-electron chi connectivity index (χ4n) is 3.52. The number of ether oxygens (including phenoxy) is 1. The van der Waals surface area contributed by atoms with Crippen molar-refractivity contribution < 1.29 is 14.6 Å². The molecule has 0 saturated heterocycles. The molecule has 0 amide bonds. The van der Waals surface area contributed by atoms with Gasteiger partial charge in [0.25, 0.3) is 0 Å². The van der Waals surface area contributed by atoms with E-state index >= 15 is 0 Å². The number of carbonyl (C=O) groups is 1. The van der Waals surface area contributed by atoms with E-state index in [-0.39, 0.29) is 17.4 Å². The average Bonchev–Trinajstić information content (AvgIpc) is 3.29. The zero-order chi connectivity index (χ0) is 23.5. The number of benzene rings is 3. The second-order valence-corrected chi connectivity index (χ2v) is 7.92. The quantitative estimate of drug-likeness (QED) is 0.224. The predicted octanol–water partition coefficient (Wildman–Crippen LogP) is 7.14. The van der Waals surface area contributed by atoms with E-state index in [2.05, 4.69) is 29.0 Å². The fraction of sp³-hybridized carbons (Fsp3) is 0.286. The molecule has 3 aromatic carbocycles. The van der Waals surface area contributed by atoms with Gasteiger partial charge in [-0.05, 0) is 43.5 Å². The van der Waals surface area contributed by atoms with Crippen LogP contribution in [0.4, 0.5) is 0 Å². The van der Waals surface area contributed by atoms with Crippen molar-refractivity contribution in [1.82, 2.24) is 9.97 Å². The highest BCUT2D eigenvalue weighted by Gasteiger charge is 2.16. The Labute approximate surface area is 195 Å². The van der Waals surface area contributed by atoms with Crippen LogP contribution >= 0.6 is 0 Å². The van der Waals surface area contributed by atoms with Gasteiger partial charge in [0.1, 0.15) is 23.2 Å². The summed E-state index contributed by atoms with van der Waals surface area (Å²) in [6.07, 6.45) is 5.04. The van der Waals surface area contributed by atoms with Gasteiger partial charge in [-0.3, -0.25) is 0 Å². The third-order valence-electron chi connectivity index (χ3n) is 5.42. The zero-order valence-electron chi connectivity index (χ0n) is 19.3. The maximum Gasteiger partial charge on any atom is 0.342 e. The summed E-state index contributed by atoms with van der Waals surface area (Å²) in [6.45, 7) is 4.16. The molecule has 1 aromatic heterocycles. The van der Waals surface area contributed by atoms with Gasteiger partial charge >= 0.3 is 5.97 Å². The van der Waals surface area contributed by atoms with Crippen molar-refractivity contribution in [3.8, 4) is 17.1 Å². The molecule has 0 aliphatic heterocycles. The lowest BCUT2D eigenvalue weighted by Crippen LogP contribution is -2.17. The molecule has 0 aliphatic carbocycles. The van der Waals surface area contributed by atoms with Crippen LogP contribution in [0.1, 0.15) is 56.3 Å². The molecule has 5 heteroatoms. The Morgan fingerprint density at radius 3 is 2.33 bits per heavy atom. The van der Waals surface area contributed by atoms with E-state index in [0.29, 0.717) is 0 Å². The first kappa shape index (κ1) is 24.1. The van der Waals surface area contributed by atoms with Crippen LogP contribution in [0, 0.1) is 0 Å². The number of esters is 1. The number of nitrogens with zero attached hydrogens (tertiary/aromatic N) is 1. The zero-order valence-corrected chi connectivity index (χ0v) is 19.3. The number of fused-ring (bicyclic) bond motifs is 1. The maximum atomic E-state index is 11.9. The van der Waals surface area contributed by atoms with E-state index in [1.807, 2.05) is 49.4 Å². The largest absolute Gasteiger partial charge is 0.507 e. The second-order valence-electron chi connectivity index (χ2n) is 7.92. The Bertz CT molecular complexity index is 1110. The molecular formula is C28H32N2O3. The van der Waals surface area contributed by atoms with Crippen LogP contribution in [-0.4, -0.2) is 27.1 Å². The van der Waals surface area contributed by atoms with Gasteiger partial charge in [0.15, 0.2) is 0 Å². The minimum Gasteiger partial charge on any atom is -0.507 e. The molecule has 1 unspecified atom stereocenters. The number of aromatic amines is 1. The van der Waals surface area contributed by atoms with Crippen molar-refractivity contribution in [3.63, 3.8) is 0 Å². The second kappa shape index (κ2) is 12.4. The number of para-hydroxylation sites is 3. The van der Waals surface area contributed by atoms with Crippen LogP contribution in [0.5, 0.6) is 5.75 Å². The molecule has 1 heterocycles. The number of unbranched alkanes of at least 4 members (excludes halogenated alkanes) is 2. The number of hydrogen-bond donors (Lipinski definition) is 2. The molecule has 0 fully saturated rings. The van der Waals surface area contributed by atoms with Gasteiger partial charge in [-0.25, -0.2) is 9.78 Å². The highest BCUT2D eigenvalue weighted by Crippen LogP contribution is 2.20. The van der Waals surface area contributed by atoms with Crippen molar-refractivity contribution in [2.45, 2.75) is 52.1 Å². The van der Waals surface area contributed by atoms with Crippen LogP contribution in [0.3, 0.4) is 0 Å². The molecule has 0 aliphatic rings. The van der Waals surface area contributed by atoms with Gasteiger partial charge in [0.2, 0.25) is 0 Å². The Morgan fingerprint density at radius 1 is 0.939 bits per heavy atom. The van der Waals surface area contributed by atoms with Crippen LogP contribution in [0.25, 0.3) is 22.4 Å². The predicted molar refractivity (Wildman–Crippen MR) is 133 cm³/mol. The van der Waals surface area contributed by atoms with Crippen LogP contribution in [0.2, 0.25) is 0 Å². The molecule has 4 aromatic rings. The number of carbonyl (C=O) groups excluding carboxylic acids is 1. The Balaban J connectivity index is 0.000000188. The molecule has 172 valence electrons. The summed E-state index contributed by atoms with van der Waals surface area (Å²) in [5.74, 6) is 0.471. The lowest BCUT2D eigenvalue weighted by Gasteiger charge is -2.16. The number of phenolic OH excluding ortho intramolecular Hbond substituents is 1. The van der Waals surface area contributed by atoms with Crippen molar-refractivity contribution in [3.05, 3.63) is 84.4 Å². The number of aromatic hydroxyl groups is 1. The Hall–Kier alpha value is -3.60. The lowest BCUT2D eigenvalue weighted by atomic mass is 10.1. The highest BCUT2D eigenvalue weighted by atomic mass is 16.5. The lowest BCUT2D eigenvalue weighted by molar-refractivity contribution is 0.0264. The molecule has 33 heavy (non-hydrogen) atoms. The van der Waals surface area contributed by atoms with E-state index in [0.717, 1.165) is 54.5 Å². The van der Waals surface area contributed by atoms with E-state index < -0.39 is 5.97 Å². The Kier molecular flexibility index (Phi) is 9.07. The summed E-state index contributed by atoms with van der Waals surface area (Å²) >= 11 is 0. The van der Waals surface area contributed by atoms with E-state index in [1.54, 1.807) is 18.2 Å². The van der Waals surface area contributed by atoms with Gasteiger partial charge < -0.3 is 14.8 Å². The van der Waals surface area contributed by atoms with E-state index in [9.17, 15) is 9.90 Å². The first-order valence-corrected chi connectivity index (χ1v) is 11.6. The number of rotatable bonds is 8. The van der Waals surface area contributed by atoms with Crippen molar-refractivity contribution in [1.29, 1.82) is 0 Å². The monoisotopic (exact) mass is 444 g/mol. The van der Waals surface area contributed by atoms with E-state index in [4.69, 9.17) is 4.74 Å². The number of phenols is 1. The van der Waals surface area contributed by atoms with Gasteiger partial charge in [0.05, 0.1) is 11.0 Å². The molecule has 0 saturated carbocycles. The molecule has 2 N–H and O–H groups in total. The number of hydrogen-bond acceptors (Lipinski definition) is 4. The molecular weight excluding hydrogens is 412 g/mol. The van der Waals surface area contributed by atoms with Crippen molar-refractivity contribution in [2.24, 2.45) is 0 Å². The maximum absolute atomic E-state index is 11.9. The van der Waals surface area contributed by atoms with Crippen LogP contribution < -0.4 is 0 Å². The summed E-state index contributed by atoms with van der Waals surface area (Å²) in [5.41, 5.74) is 3.45. The third-order valence-corrected chi connectivity index (χ3v) is 5.42. The topological polar surface area (TPSA) is 75.2 Å². The third kappa shape index (κ3) is 6.94. The van der Waals surface area contributed by atoms with Crippen molar-refractivity contribution in [2.75, 3.05) is 0 Å². The van der Waals surface area contributed by atoms with Gasteiger partial charge in [-0.15, -0.1) is 0 Å². The van der Waals surface area contributed by atoms with Crippen LogP contribution in [0.15, 0.2) is 78.9 Å². The first-order valence-electron chi connectivity index (χ1n) is 11.6. The molecule has 5 nitrogen and oxygen atoms in total. The minimum absolute atomic E-state index is 0.0223. The standard InChI is InChI=1S/C15H22O3.C13H10N2/c1-3-5-6-9-12(4-2)18-15(17)13-10-7-8-11-14(13)16;1-2-6-10(7-3-1)13-14-11-8-4-5-9-12(11)15-13/h7-8,10-12,16H,3-6,9H2,1-2H3;1-9H,(H,14,15). The molecule has 0 bridgehead atoms. The fourth-order valence-corrected chi connectivity index (χ4v) is 3.52. The minimum atomic E-state index is -0.434. The average molecular weight is 445 g/mol. The van der Waals surface area contributed by atoms with Gasteiger partial charge in [0, 0.05) is 5.56 Å². The molecule has 4 rings (SSSR count). The summed E-state index contributed by atoms with van der Waals surface area (Å²) < 4.78 is 5.41. The van der Waals surface area contributed by atoms with Crippen molar-refractivity contribution >= 4 is 17.0 Å². The molecule has 0 spiro atoms. The number of H-pyrrole nitrogens is 1. The number of nitrogens with one attached hydrogen (secondary N) is 1. The SMILES string of the molecule is CCCCCC(CC)OC(=O)c1ccccc1O.c1ccc(-c2nc3ccccc3[nH]2)cc1. The van der Waals surface area contributed by atoms with E-state index in [1.165, 1.54) is 6.07 Å². The smallest absolute Gasteiger partial charge is 0.342 e. The molecule has 1 atom stereocenters. The van der Waals surface area contributed by atoms with Gasteiger partial charge in [-0.1, -0.05) is 81.3 Å². The molecule has 0 radical (unpaired) electrons. The number of aromatic nitrogens is 2. The van der Waals surface area contributed by atoms with Gasteiger partial charge in [-0.2, -0.15) is 0 Å². The summed E-state index contributed by atoms with van der Waals surface area (Å²) in [4.78, 5) is 19.7. The summed E-state index contributed by atoms with van der Waals surface area (Å²) in [7, 11) is 0. The summed E-state index contributed by atoms with van der Waals surface area (Å²) in [5, 5.41) is 9.58. The van der Waals surface area contributed by atoms with Crippen LogP contribution in [-0.2, 0) is 4.74 Å². The number of imidazole rings is 1. The summed E-state index contributed by atoms with van der Waals surface area (Å²) in [6, 6.07) is 24.7. The normalized spacial score (nSPS) is 11.5. The highest BCUT2D eigenvalue weighted by molar-refractivity contribution is 5.92. The first-order chi connectivity index (χ1) is 16.1.